The van der Waals surface area contributed by atoms with E-state index < -0.39 is 5.97 Å². The highest BCUT2D eigenvalue weighted by atomic mass is 16.5. The smallest absolute Gasteiger partial charge is 0.251 e. The summed E-state index contributed by atoms with van der Waals surface area (Å²) in [6, 6.07) is 20.4. The number of amides is 1. The first-order valence-electron chi connectivity index (χ1n) is 24.5. The molecule has 0 radical (unpaired) electrons. The average Bonchev–Trinajstić information content (AvgIpc) is 3.33. The van der Waals surface area contributed by atoms with E-state index in [-0.39, 0.29) is 23.2 Å². The number of unbranched alkanes of at least 4 members (excludes halogenated alkanes) is 2. The van der Waals surface area contributed by atoms with Gasteiger partial charge in [-0.25, -0.2) is 9.56 Å². The van der Waals surface area contributed by atoms with Gasteiger partial charge in [-0.1, -0.05) is 6.07 Å². The molecule has 3 aliphatic heterocycles. The lowest BCUT2D eigenvalue weighted by Gasteiger charge is -2.33. The van der Waals surface area contributed by atoms with Crippen LogP contribution in [-0.4, -0.2) is 108 Å². The molecule has 1 aromatic heterocycles. The number of ketones is 1. The van der Waals surface area contributed by atoms with Crippen molar-refractivity contribution in [2.24, 2.45) is 0 Å². The molecule has 4 aromatic rings. The third-order valence-electron chi connectivity index (χ3n) is 12.9. The zero-order valence-corrected chi connectivity index (χ0v) is 40.6. The van der Waals surface area contributed by atoms with Gasteiger partial charge in [-0.05, 0) is 92.1 Å². The Kier molecular flexibility index (Phi) is 17.0. The molecule has 2 fully saturated rings. The SMILES string of the molecule is COc1cc(Cc2cnc(N)nc2N)cc(OC)c1OCCCCC(=O)CCCCOCCOCCCNC(=O)c1ccc(C(=O)[O-])c(-c2c3ccc(=[N+]4CCC4)cc-3oc3cc(N4CCC4)ccc23)c1. The average molecular weight is 970 g/mol. The largest absolute Gasteiger partial charge is 0.545 e. The molecule has 3 aromatic carbocycles. The Labute approximate surface area is 413 Å². The summed E-state index contributed by atoms with van der Waals surface area (Å²) in [5.74, 6) is 1.16. The molecule has 2 saturated heterocycles. The lowest BCUT2D eigenvalue weighted by atomic mass is 9.89. The number of hydrogen-bond acceptors (Lipinski definition) is 15. The van der Waals surface area contributed by atoms with Crippen molar-refractivity contribution in [2.75, 3.05) is 96.3 Å². The van der Waals surface area contributed by atoms with Crippen LogP contribution in [0.4, 0.5) is 17.5 Å². The fraction of sp³-hybridized carbons (Fsp3) is 0.407. The van der Waals surface area contributed by atoms with Crippen LogP contribution in [0.15, 0.2) is 77.3 Å². The van der Waals surface area contributed by atoms with E-state index >= 15 is 0 Å². The number of benzene rings is 4. The van der Waals surface area contributed by atoms with Crippen LogP contribution in [0, 0.1) is 0 Å². The molecule has 374 valence electrons. The maximum absolute atomic E-state index is 13.5. The summed E-state index contributed by atoms with van der Waals surface area (Å²) in [7, 11) is 3.13. The molecular weight excluding hydrogens is 907 g/mol. The van der Waals surface area contributed by atoms with Gasteiger partial charge in [-0.2, -0.15) is 4.98 Å². The van der Waals surface area contributed by atoms with E-state index in [4.69, 9.17) is 39.6 Å². The molecule has 17 heteroatoms. The highest BCUT2D eigenvalue weighted by Crippen LogP contribution is 2.43. The number of methoxy groups -OCH3 is 2. The van der Waals surface area contributed by atoms with Gasteiger partial charge in [-0.15, -0.1) is 0 Å². The van der Waals surface area contributed by atoms with Crippen molar-refractivity contribution in [3.05, 3.63) is 101 Å². The molecule has 1 aliphatic carbocycles. The minimum Gasteiger partial charge on any atom is -0.545 e. The number of rotatable bonds is 26. The Bertz CT molecular complexity index is 2870. The highest BCUT2D eigenvalue weighted by molar-refractivity contribution is 6.09. The van der Waals surface area contributed by atoms with Crippen molar-refractivity contribution < 1.29 is 47.6 Å². The first kappa shape index (κ1) is 50.2. The quantitative estimate of drug-likeness (QED) is 0.0339. The van der Waals surface area contributed by atoms with E-state index in [9.17, 15) is 19.5 Å². The number of ether oxygens (including phenoxy) is 5. The fourth-order valence-corrected chi connectivity index (χ4v) is 8.79. The number of aromatic carboxylic acids is 1. The molecular formula is C54H63N7O10. The molecule has 5 N–H and O–H groups in total. The monoisotopic (exact) mass is 969 g/mol. The van der Waals surface area contributed by atoms with Crippen molar-refractivity contribution in [3.63, 3.8) is 0 Å². The number of aromatic nitrogens is 2. The number of nitrogens with zero attached hydrogens (tertiary/aromatic N) is 4. The molecule has 0 unspecified atom stereocenters. The predicted octanol–water partition coefficient (Wildman–Crippen LogP) is 5.66. The molecule has 4 aliphatic rings. The van der Waals surface area contributed by atoms with E-state index in [2.05, 4.69) is 24.8 Å². The van der Waals surface area contributed by atoms with E-state index in [1.807, 2.05) is 48.5 Å². The van der Waals surface area contributed by atoms with E-state index in [0.29, 0.717) is 129 Å². The Morgan fingerprint density at radius 3 is 2.20 bits per heavy atom. The van der Waals surface area contributed by atoms with Gasteiger partial charge < -0.3 is 59.7 Å². The van der Waals surface area contributed by atoms with E-state index in [0.717, 1.165) is 85.0 Å². The Hall–Kier alpha value is -7.24. The Balaban J connectivity index is 0.723. The lowest BCUT2D eigenvalue weighted by molar-refractivity contribution is -0.254. The zero-order chi connectivity index (χ0) is 49.7. The van der Waals surface area contributed by atoms with E-state index in [1.54, 1.807) is 26.5 Å². The molecule has 0 saturated carbocycles. The van der Waals surface area contributed by atoms with Gasteiger partial charge in [0.1, 0.15) is 36.0 Å². The summed E-state index contributed by atoms with van der Waals surface area (Å²) < 4.78 is 37.5. The van der Waals surface area contributed by atoms with Crippen LogP contribution >= 0.6 is 0 Å². The fourth-order valence-electron chi connectivity index (χ4n) is 8.79. The van der Waals surface area contributed by atoms with Crippen LogP contribution < -0.4 is 50.9 Å². The van der Waals surface area contributed by atoms with Crippen LogP contribution in [0.5, 0.6) is 17.2 Å². The third-order valence-corrected chi connectivity index (χ3v) is 12.9. The third kappa shape index (κ3) is 12.6. The summed E-state index contributed by atoms with van der Waals surface area (Å²) in [5, 5.41) is 17.3. The first-order chi connectivity index (χ1) is 34.6. The van der Waals surface area contributed by atoms with Gasteiger partial charge in [0.25, 0.3) is 5.91 Å². The van der Waals surface area contributed by atoms with Gasteiger partial charge in [0, 0.05) is 109 Å². The Morgan fingerprint density at radius 2 is 1.54 bits per heavy atom. The highest BCUT2D eigenvalue weighted by Gasteiger charge is 2.25. The van der Waals surface area contributed by atoms with Crippen LogP contribution in [0.25, 0.3) is 33.4 Å². The second-order valence-electron chi connectivity index (χ2n) is 17.8. The normalized spacial score (nSPS) is 13.2. The minimum absolute atomic E-state index is 0.00794. The van der Waals surface area contributed by atoms with Gasteiger partial charge in [-0.3, -0.25) is 9.59 Å². The minimum atomic E-state index is -1.33. The molecule has 0 atom stereocenters. The zero-order valence-electron chi connectivity index (χ0n) is 40.6. The number of nitrogens with one attached hydrogen (secondary N) is 1. The van der Waals surface area contributed by atoms with Crippen LogP contribution in [0.1, 0.15) is 89.6 Å². The van der Waals surface area contributed by atoms with Gasteiger partial charge in [0.15, 0.2) is 11.5 Å². The second-order valence-corrected chi connectivity index (χ2v) is 17.8. The van der Waals surface area contributed by atoms with Crippen molar-refractivity contribution in [3.8, 4) is 39.7 Å². The first-order valence-corrected chi connectivity index (χ1v) is 24.5. The number of fused-ring (bicyclic) bond motifs is 2. The lowest BCUT2D eigenvalue weighted by Crippen LogP contribution is -2.40. The van der Waals surface area contributed by atoms with Crippen LogP contribution in [-0.2, 0) is 20.7 Å². The summed E-state index contributed by atoms with van der Waals surface area (Å²) in [4.78, 5) is 49.0. The number of carboxylic acids is 1. The number of carbonyl (C=O) groups is 3. The van der Waals surface area contributed by atoms with Crippen molar-refractivity contribution in [2.45, 2.75) is 64.2 Å². The van der Waals surface area contributed by atoms with E-state index in [1.165, 1.54) is 12.1 Å². The second kappa shape index (κ2) is 24.1. The maximum Gasteiger partial charge on any atom is 0.251 e. The number of carbonyl (C=O) groups excluding carboxylic acids is 3. The van der Waals surface area contributed by atoms with Gasteiger partial charge in [0.2, 0.25) is 17.1 Å². The standard InChI is InChI=1S/C54H63N7O10/c1-66-47-29-35(28-37-34-58-54(56)59-51(37)55)30-48(67-2)50(47)70-25-6-4-11-40(62)10-3-5-23-68-26-27-69-24-7-18-57-52(63)36-12-15-41(53(64)65)44(31-36)49-42-16-13-38(60-19-8-20-60)32-45(42)71-46-33-39(14-17-43(46)49)61-21-9-22-61/h12-17,29-34H,3-11,18-28H2,1-2H3,(H5-,55,56,57,58,59,63,64,65). The maximum atomic E-state index is 13.5. The van der Waals surface area contributed by atoms with Gasteiger partial charge >= 0.3 is 0 Å². The molecule has 8 rings (SSSR count). The summed E-state index contributed by atoms with van der Waals surface area (Å²) >= 11 is 0. The summed E-state index contributed by atoms with van der Waals surface area (Å²) in [5.41, 5.74) is 17.1. The summed E-state index contributed by atoms with van der Waals surface area (Å²) in [6.45, 7) is 6.44. The van der Waals surface area contributed by atoms with Crippen molar-refractivity contribution >= 4 is 46.1 Å². The Morgan fingerprint density at radius 1 is 0.803 bits per heavy atom. The number of nitrogens with two attached hydrogens (primary N) is 2. The molecule has 17 nitrogen and oxygen atoms in total. The molecule has 1 amide bonds. The summed E-state index contributed by atoms with van der Waals surface area (Å²) in [6.07, 6.45) is 8.78. The van der Waals surface area contributed by atoms with Crippen molar-refractivity contribution in [1.82, 2.24) is 19.9 Å². The topological polar surface area (TPSA) is 230 Å². The van der Waals surface area contributed by atoms with Crippen LogP contribution in [0.2, 0.25) is 0 Å². The number of anilines is 3. The van der Waals surface area contributed by atoms with Crippen molar-refractivity contribution in [1.29, 1.82) is 0 Å². The molecule has 4 heterocycles. The predicted molar refractivity (Wildman–Crippen MR) is 269 cm³/mol. The van der Waals surface area contributed by atoms with Crippen LogP contribution in [0.3, 0.4) is 0 Å². The molecule has 71 heavy (non-hydrogen) atoms. The number of Topliss-reactive ketones (excluding diaryl/α,β-unsaturated/α-hetero) is 1. The van der Waals surface area contributed by atoms with Gasteiger partial charge in [0.05, 0.1) is 52.5 Å². The number of hydrogen-bond donors (Lipinski definition) is 3. The molecule has 0 spiro atoms. The number of nitrogen functional groups attached to an aromatic ring is 2. The molecule has 0 bridgehead atoms. The number of carboxylic acid groups (broad SMARTS) is 1.